The van der Waals surface area contributed by atoms with Gasteiger partial charge in [0.05, 0.1) is 6.10 Å². The number of aliphatic hydroxyl groups excluding tert-OH is 1. The van der Waals surface area contributed by atoms with Crippen LogP contribution in [0.15, 0.2) is 11.8 Å². The molecular weight excluding hydrogens is 352 g/mol. The highest BCUT2D eigenvalue weighted by Gasteiger charge is 2.62. The topological polar surface area (TPSA) is 69.6 Å². The van der Waals surface area contributed by atoms with Crippen molar-refractivity contribution in [2.24, 2.45) is 34.5 Å². The lowest BCUT2D eigenvalue weighted by molar-refractivity contribution is -0.146. The number of hydrogen-bond acceptors (Lipinski definition) is 3. The molecule has 1 saturated heterocycles. The van der Waals surface area contributed by atoms with Crippen LogP contribution in [-0.4, -0.2) is 41.0 Å². The molecule has 0 spiro atoms. The number of nitrogens with zero attached hydrogens (tertiary/aromatic N) is 1. The van der Waals surface area contributed by atoms with Crippen LogP contribution in [0.3, 0.4) is 0 Å². The summed E-state index contributed by atoms with van der Waals surface area (Å²) in [6, 6.07) is 0.150. The molecule has 0 aromatic carbocycles. The Morgan fingerprint density at radius 3 is 2.71 bits per heavy atom. The molecule has 156 valence electrons. The third-order valence-electron chi connectivity index (χ3n) is 8.79. The molecule has 7 atom stereocenters. The zero-order chi connectivity index (χ0) is 20.4. The highest BCUT2D eigenvalue weighted by molar-refractivity contribution is 5.79. The zero-order valence-corrected chi connectivity index (χ0v) is 18.0. The van der Waals surface area contributed by atoms with Gasteiger partial charge in [0.1, 0.15) is 0 Å². The summed E-state index contributed by atoms with van der Waals surface area (Å²) in [6.07, 6.45) is 7.06. The normalized spacial score (nSPS) is 45.2. The van der Waals surface area contributed by atoms with Gasteiger partial charge in [0.2, 0.25) is 11.8 Å². The predicted molar refractivity (Wildman–Crippen MR) is 108 cm³/mol. The third-order valence-corrected chi connectivity index (χ3v) is 8.79. The molecule has 4 aliphatic rings. The number of likely N-dealkylation sites (tertiary alicyclic amines) is 1. The summed E-state index contributed by atoms with van der Waals surface area (Å²) < 4.78 is 0. The van der Waals surface area contributed by atoms with Gasteiger partial charge < -0.3 is 15.3 Å². The second kappa shape index (κ2) is 6.58. The maximum Gasteiger partial charge on any atom is 0.226 e. The summed E-state index contributed by atoms with van der Waals surface area (Å²) in [5.41, 5.74) is 0.935. The van der Waals surface area contributed by atoms with Crippen LogP contribution in [0, 0.1) is 34.5 Å². The van der Waals surface area contributed by atoms with Crippen LogP contribution in [0.2, 0.25) is 0 Å². The molecule has 5 heteroatoms. The number of carbonyl (C=O) groups excluding carboxylic acids is 2. The Labute approximate surface area is 168 Å². The van der Waals surface area contributed by atoms with E-state index in [2.05, 4.69) is 25.2 Å². The first kappa shape index (κ1) is 19.9. The average Bonchev–Trinajstić information content (AvgIpc) is 2.94. The van der Waals surface area contributed by atoms with Crippen molar-refractivity contribution in [1.29, 1.82) is 0 Å². The number of hydrogen-bond donors (Lipinski definition) is 2. The molecule has 3 unspecified atom stereocenters. The Morgan fingerprint density at radius 2 is 2.04 bits per heavy atom. The van der Waals surface area contributed by atoms with Gasteiger partial charge >= 0.3 is 0 Å². The highest BCUT2D eigenvalue weighted by Crippen LogP contribution is 2.64. The van der Waals surface area contributed by atoms with E-state index in [0.29, 0.717) is 18.3 Å². The Morgan fingerprint density at radius 1 is 1.32 bits per heavy atom. The number of nitrogens with one attached hydrogen (secondary N) is 1. The molecule has 2 N–H and O–H groups in total. The van der Waals surface area contributed by atoms with Gasteiger partial charge in [0, 0.05) is 36.5 Å². The molecule has 3 fully saturated rings. The Kier molecular flexibility index (Phi) is 4.68. The first-order valence-corrected chi connectivity index (χ1v) is 11.0. The van der Waals surface area contributed by atoms with Crippen LogP contribution < -0.4 is 5.32 Å². The lowest BCUT2D eigenvalue weighted by atomic mass is 9.48. The largest absolute Gasteiger partial charge is 0.393 e. The quantitative estimate of drug-likeness (QED) is 0.764. The van der Waals surface area contributed by atoms with Crippen molar-refractivity contribution in [2.75, 3.05) is 7.05 Å². The summed E-state index contributed by atoms with van der Waals surface area (Å²) in [4.78, 5) is 26.4. The van der Waals surface area contributed by atoms with Gasteiger partial charge in [-0.1, -0.05) is 33.8 Å². The summed E-state index contributed by atoms with van der Waals surface area (Å²) in [5, 5.41) is 14.7. The van der Waals surface area contributed by atoms with Gasteiger partial charge in [-0.05, 0) is 55.3 Å². The standard InChI is InChI=1S/C23H36N2O3/c1-13(2)21(28)24-17-8-7-15-14-6-9-18-22(3,11-10-19(27)25(18)5)20(14)16(26)12-23(15,17)4/h9,13-17,20,26H,6-8,10-12H2,1-5H3,(H,24,28)/t14?,15?,16-,17-,20?,22-,23-/m0/s1. The van der Waals surface area contributed by atoms with Gasteiger partial charge in [-0.3, -0.25) is 9.59 Å². The SMILES string of the molecule is CC(C)C(=O)N[C@H]1CCC2C3CC=C4N(C)C(=O)CC[C@]4(C)C3[C@@H](O)C[C@@]21C. The van der Waals surface area contributed by atoms with E-state index < -0.39 is 6.10 Å². The molecule has 0 aromatic heterocycles. The van der Waals surface area contributed by atoms with Crippen LogP contribution in [0.5, 0.6) is 0 Å². The minimum atomic E-state index is -0.391. The Balaban J connectivity index is 1.65. The molecule has 1 heterocycles. The maximum absolute atomic E-state index is 12.4. The number of fused-ring (bicyclic) bond motifs is 5. The van der Waals surface area contributed by atoms with Crippen molar-refractivity contribution in [2.45, 2.75) is 78.4 Å². The first-order chi connectivity index (χ1) is 13.1. The first-order valence-electron chi connectivity index (χ1n) is 11.0. The molecule has 2 amide bonds. The van der Waals surface area contributed by atoms with Gasteiger partial charge in [-0.15, -0.1) is 0 Å². The fraction of sp³-hybridized carbons (Fsp3) is 0.826. The van der Waals surface area contributed by atoms with E-state index >= 15 is 0 Å². The van der Waals surface area contributed by atoms with Crippen molar-refractivity contribution < 1.29 is 14.7 Å². The third kappa shape index (κ3) is 2.68. The van der Waals surface area contributed by atoms with Crippen LogP contribution in [0.25, 0.3) is 0 Å². The van der Waals surface area contributed by atoms with E-state index in [4.69, 9.17) is 0 Å². The van der Waals surface area contributed by atoms with Crippen molar-refractivity contribution in [3.63, 3.8) is 0 Å². The Bertz CT molecular complexity index is 717. The lowest BCUT2D eigenvalue weighted by Gasteiger charge is -2.60. The number of aliphatic hydroxyl groups is 1. The molecular formula is C23H36N2O3. The Hall–Kier alpha value is -1.36. The molecule has 2 saturated carbocycles. The number of rotatable bonds is 2. The van der Waals surface area contributed by atoms with E-state index in [1.165, 1.54) is 0 Å². The van der Waals surface area contributed by atoms with Gasteiger partial charge in [0.25, 0.3) is 0 Å². The molecule has 0 bridgehead atoms. The minimum Gasteiger partial charge on any atom is -0.393 e. The van der Waals surface area contributed by atoms with Crippen LogP contribution >= 0.6 is 0 Å². The number of carbonyl (C=O) groups is 2. The van der Waals surface area contributed by atoms with Crippen molar-refractivity contribution >= 4 is 11.8 Å². The monoisotopic (exact) mass is 388 g/mol. The number of piperidine rings is 1. The van der Waals surface area contributed by atoms with E-state index in [9.17, 15) is 14.7 Å². The van der Waals surface area contributed by atoms with Crippen LogP contribution in [-0.2, 0) is 9.59 Å². The van der Waals surface area contributed by atoms with Crippen molar-refractivity contribution in [3.05, 3.63) is 11.8 Å². The van der Waals surface area contributed by atoms with E-state index in [-0.39, 0.29) is 40.5 Å². The molecule has 5 nitrogen and oxygen atoms in total. The summed E-state index contributed by atoms with van der Waals surface area (Å²) in [7, 11) is 1.89. The van der Waals surface area contributed by atoms with Crippen molar-refractivity contribution in [1.82, 2.24) is 10.2 Å². The predicted octanol–water partition coefficient (Wildman–Crippen LogP) is 3.09. The van der Waals surface area contributed by atoms with Crippen LogP contribution in [0.1, 0.15) is 66.2 Å². The lowest BCUT2D eigenvalue weighted by Crippen LogP contribution is -2.60. The second-order valence-corrected chi connectivity index (χ2v) is 10.6. The highest BCUT2D eigenvalue weighted by atomic mass is 16.3. The molecule has 28 heavy (non-hydrogen) atoms. The summed E-state index contributed by atoms with van der Waals surface area (Å²) in [5.74, 6) is 1.42. The van der Waals surface area contributed by atoms with Gasteiger partial charge in [0.15, 0.2) is 0 Å². The van der Waals surface area contributed by atoms with E-state index in [0.717, 1.165) is 37.8 Å². The fourth-order valence-electron chi connectivity index (χ4n) is 7.29. The average molecular weight is 389 g/mol. The van der Waals surface area contributed by atoms with E-state index in [1.54, 1.807) is 0 Å². The number of amides is 2. The van der Waals surface area contributed by atoms with Crippen molar-refractivity contribution in [3.8, 4) is 0 Å². The molecule has 0 radical (unpaired) electrons. The minimum absolute atomic E-state index is 0.0155. The molecule has 1 aliphatic heterocycles. The molecule has 0 aromatic rings. The maximum atomic E-state index is 12.4. The van der Waals surface area contributed by atoms with E-state index in [1.807, 2.05) is 25.8 Å². The smallest absolute Gasteiger partial charge is 0.226 e. The van der Waals surface area contributed by atoms with Gasteiger partial charge in [-0.25, -0.2) is 0 Å². The van der Waals surface area contributed by atoms with Gasteiger partial charge in [-0.2, -0.15) is 0 Å². The zero-order valence-electron chi connectivity index (χ0n) is 18.0. The molecule has 4 rings (SSSR count). The fourth-order valence-corrected chi connectivity index (χ4v) is 7.29. The second-order valence-electron chi connectivity index (χ2n) is 10.6. The summed E-state index contributed by atoms with van der Waals surface area (Å²) >= 11 is 0. The molecule has 3 aliphatic carbocycles. The number of allylic oxidation sites excluding steroid dienone is 2. The summed E-state index contributed by atoms with van der Waals surface area (Å²) in [6.45, 7) is 8.42. The van der Waals surface area contributed by atoms with Crippen LogP contribution in [0.4, 0.5) is 0 Å².